The highest BCUT2D eigenvalue weighted by Gasteiger charge is 2.36. The van der Waals surface area contributed by atoms with Gasteiger partial charge in [-0.05, 0) is 68.0 Å². The second-order valence-corrected chi connectivity index (χ2v) is 9.10. The maximum atomic E-state index is 10.9. The molecule has 1 N–H and O–H groups in total. The zero-order valence-corrected chi connectivity index (χ0v) is 19.7. The summed E-state index contributed by atoms with van der Waals surface area (Å²) in [5.41, 5.74) is 4.71. The minimum atomic E-state index is -0.961. The van der Waals surface area contributed by atoms with E-state index < -0.39 is 5.97 Å². The summed E-state index contributed by atoms with van der Waals surface area (Å²) in [6.45, 7) is 6.76. The molecule has 0 unspecified atom stereocenters. The van der Waals surface area contributed by atoms with Crippen LogP contribution in [0.3, 0.4) is 0 Å². The molecule has 2 aromatic rings. The van der Waals surface area contributed by atoms with Crippen LogP contribution in [0.25, 0.3) is 0 Å². The van der Waals surface area contributed by atoms with Crippen LogP contribution < -0.4 is 14.4 Å². The Morgan fingerprint density at radius 1 is 1.12 bits per heavy atom. The SMILES string of the molecule is COc1cc(N2CCN3[C@@H](CCC[C@@H]3c3ccc(OCC(=O)O)c(C)c3C)C2)ccc1Cl. The number of anilines is 1. The number of fused-ring (bicyclic) bond motifs is 1. The summed E-state index contributed by atoms with van der Waals surface area (Å²) in [5, 5.41) is 9.55. The zero-order chi connectivity index (χ0) is 22.8. The second kappa shape index (κ2) is 9.59. The lowest BCUT2D eigenvalue weighted by Gasteiger charge is -2.49. The number of nitrogens with zero attached hydrogens (tertiary/aromatic N) is 2. The van der Waals surface area contributed by atoms with Crippen molar-refractivity contribution in [1.29, 1.82) is 0 Å². The third-order valence-electron chi connectivity index (χ3n) is 6.93. The van der Waals surface area contributed by atoms with Gasteiger partial charge in [0.25, 0.3) is 0 Å². The molecule has 2 aliphatic rings. The van der Waals surface area contributed by atoms with Crippen molar-refractivity contribution in [3.63, 3.8) is 0 Å². The van der Waals surface area contributed by atoms with Crippen LogP contribution in [0.15, 0.2) is 30.3 Å². The maximum absolute atomic E-state index is 10.9. The van der Waals surface area contributed by atoms with Crippen LogP contribution in [0.1, 0.15) is 42.0 Å². The molecule has 32 heavy (non-hydrogen) atoms. The van der Waals surface area contributed by atoms with E-state index in [0.717, 1.165) is 37.3 Å². The molecule has 4 rings (SSSR count). The first kappa shape index (κ1) is 22.7. The molecule has 7 heteroatoms. The Morgan fingerprint density at radius 3 is 2.69 bits per heavy atom. The Kier molecular flexibility index (Phi) is 6.82. The van der Waals surface area contributed by atoms with Gasteiger partial charge in [0, 0.05) is 43.5 Å². The number of methoxy groups -OCH3 is 1. The normalized spacial score (nSPS) is 21.2. The van der Waals surface area contributed by atoms with Gasteiger partial charge in [0.1, 0.15) is 11.5 Å². The highest BCUT2D eigenvalue weighted by Crippen LogP contribution is 2.40. The number of carboxylic acid groups (broad SMARTS) is 1. The standard InChI is InChI=1S/C25H31ClN2O4/c1-16-17(2)23(32-15-25(29)30)10-8-20(16)22-6-4-5-19-14-27(11-12-28(19)22)18-7-9-21(26)24(13-18)31-3/h7-10,13,19,22H,4-6,11-12,14-15H2,1-3H3,(H,29,30)/t19-,22+/m0/s1. The first-order valence-corrected chi connectivity index (χ1v) is 11.6. The van der Waals surface area contributed by atoms with Gasteiger partial charge in [0.15, 0.2) is 6.61 Å². The molecule has 2 fully saturated rings. The van der Waals surface area contributed by atoms with Gasteiger partial charge in [0.05, 0.1) is 12.1 Å². The topological polar surface area (TPSA) is 62.2 Å². The van der Waals surface area contributed by atoms with E-state index in [2.05, 4.69) is 28.9 Å². The molecule has 172 valence electrons. The van der Waals surface area contributed by atoms with Crippen molar-refractivity contribution < 1.29 is 19.4 Å². The average molecular weight is 459 g/mol. The second-order valence-electron chi connectivity index (χ2n) is 8.69. The van der Waals surface area contributed by atoms with Crippen molar-refractivity contribution >= 4 is 23.3 Å². The molecule has 0 aromatic heterocycles. The third-order valence-corrected chi connectivity index (χ3v) is 7.25. The zero-order valence-electron chi connectivity index (χ0n) is 18.9. The molecule has 6 nitrogen and oxygen atoms in total. The number of piperazine rings is 1. The minimum absolute atomic E-state index is 0.317. The van der Waals surface area contributed by atoms with Gasteiger partial charge >= 0.3 is 5.97 Å². The molecule has 0 radical (unpaired) electrons. The van der Waals surface area contributed by atoms with Crippen LogP contribution >= 0.6 is 11.6 Å². The molecule has 2 saturated heterocycles. The van der Waals surface area contributed by atoms with E-state index >= 15 is 0 Å². The third kappa shape index (κ3) is 4.52. The Balaban J connectivity index is 1.52. The Morgan fingerprint density at radius 2 is 1.94 bits per heavy atom. The lowest BCUT2D eigenvalue weighted by atomic mass is 9.86. The fourth-order valence-electron chi connectivity index (χ4n) is 5.14. The van der Waals surface area contributed by atoms with Gasteiger partial charge in [-0.25, -0.2) is 4.79 Å². The van der Waals surface area contributed by atoms with E-state index in [1.807, 2.05) is 25.1 Å². The molecule has 0 bridgehead atoms. The molecule has 0 spiro atoms. The molecule has 0 saturated carbocycles. The lowest BCUT2D eigenvalue weighted by Crippen LogP contribution is -2.56. The van der Waals surface area contributed by atoms with Crippen molar-refractivity contribution in [2.24, 2.45) is 0 Å². The fourth-order valence-corrected chi connectivity index (χ4v) is 5.33. The highest BCUT2D eigenvalue weighted by atomic mass is 35.5. The van der Waals surface area contributed by atoms with Crippen molar-refractivity contribution in [3.05, 3.63) is 52.0 Å². The van der Waals surface area contributed by atoms with Gasteiger partial charge in [-0.2, -0.15) is 0 Å². The van der Waals surface area contributed by atoms with Crippen LogP contribution in [0, 0.1) is 13.8 Å². The van der Waals surface area contributed by atoms with Crippen molar-refractivity contribution in [1.82, 2.24) is 4.90 Å². The Bertz CT molecular complexity index is 996. The van der Waals surface area contributed by atoms with Gasteiger partial charge in [-0.1, -0.05) is 17.7 Å². The number of hydrogen-bond acceptors (Lipinski definition) is 5. The van der Waals surface area contributed by atoms with E-state index in [0.29, 0.717) is 28.6 Å². The van der Waals surface area contributed by atoms with E-state index in [1.165, 1.54) is 24.0 Å². The predicted molar refractivity (Wildman–Crippen MR) is 126 cm³/mol. The average Bonchev–Trinajstić information content (AvgIpc) is 2.79. The minimum Gasteiger partial charge on any atom is -0.495 e. The number of rotatable bonds is 6. The predicted octanol–water partition coefficient (Wildman–Crippen LogP) is 4.84. The number of aliphatic carboxylic acids is 1. The number of halogens is 1. The summed E-state index contributed by atoms with van der Waals surface area (Å²) in [4.78, 5) is 16.0. The number of piperidine rings is 1. The van der Waals surface area contributed by atoms with Gasteiger partial charge in [-0.15, -0.1) is 0 Å². The molecular formula is C25H31ClN2O4. The quantitative estimate of drug-likeness (QED) is 0.668. The van der Waals surface area contributed by atoms with Crippen LogP contribution in [0.2, 0.25) is 5.02 Å². The Labute approximate surface area is 194 Å². The van der Waals surface area contributed by atoms with Crippen LogP contribution in [-0.2, 0) is 4.79 Å². The maximum Gasteiger partial charge on any atom is 0.341 e. The molecule has 2 aliphatic heterocycles. The summed E-state index contributed by atoms with van der Waals surface area (Å²) in [7, 11) is 1.65. The summed E-state index contributed by atoms with van der Waals surface area (Å²) in [5.74, 6) is 0.407. The van der Waals surface area contributed by atoms with Gasteiger partial charge in [-0.3, -0.25) is 4.90 Å². The van der Waals surface area contributed by atoms with Crippen LogP contribution in [0.5, 0.6) is 11.5 Å². The molecule has 0 amide bonds. The van der Waals surface area contributed by atoms with Crippen LogP contribution in [-0.4, -0.2) is 55.4 Å². The molecular weight excluding hydrogens is 428 g/mol. The summed E-state index contributed by atoms with van der Waals surface area (Å²) in [6, 6.07) is 10.9. The fraction of sp³-hybridized carbons (Fsp3) is 0.480. The lowest BCUT2D eigenvalue weighted by molar-refractivity contribution is -0.139. The number of carboxylic acids is 1. The largest absolute Gasteiger partial charge is 0.495 e. The monoisotopic (exact) mass is 458 g/mol. The van der Waals surface area contributed by atoms with Crippen molar-refractivity contribution in [2.75, 3.05) is 38.3 Å². The highest BCUT2D eigenvalue weighted by molar-refractivity contribution is 6.32. The first-order chi connectivity index (χ1) is 15.4. The summed E-state index contributed by atoms with van der Waals surface area (Å²) < 4.78 is 10.9. The number of carbonyl (C=O) groups is 1. The van der Waals surface area contributed by atoms with E-state index in [9.17, 15) is 4.79 Å². The molecule has 0 aliphatic carbocycles. The number of hydrogen-bond donors (Lipinski definition) is 1. The molecule has 2 heterocycles. The number of benzene rings is 2. The number of ether oxygens (including phenoxy) is 2. The van der Waals surface area contributed by atoms with Crippen molar-refractivity contribution in [2.45, 2.75) is 45.2 Å². The van der Waals surface area contributed by atoms with E-state index in [1.54, 1.807) is 7.11 Å². The van der Waals surface area contributed by atoms with Gasteiger partial charge < -0.3 is 19.5 Å². The molecule has 2 aromatic carbocycles. The molecule has 2 atom stereocenters. The van der Waals surface area contributed by atoms with Gasteiger partial charge in [0.2, 0.25) is 0 Å². The van der Waals surface area contributed by atoms with E-state index in [4.69, 9.17) is 26.2 Å². The van der Waals surface area contributed by atoms with Crippen molar-refractivity contribution in [3.8, 4) is 11.5 Å². The first-order valence-electron chi connectivity index (χ1n) is 11.2. The smallest absolute Gasteiger partial charge is 0.341 e. The summed E-state index contributed by atoms with van der Waals surface area (Å²) >= 11 is 6.22. The summed E-state index contributed by atoms with van der Waals surface area (Å²) in [6.07, 6.45) is 3.52. The van der Waals surface area contributed by atoms with Crippen LogP contribution in [0.4, 0.5) is 5.69 Å². The van der Waals surface area contributed by atoms with E-state index in [-0.39, 0.29) is 6.61 Å². The Hall–Kier alpha value is -2.44.